The van der Waals surface area contributed by atoms with Gasteiger partial charge in [0.05, 0.1) is 22.6 Å². The Labute approximate surface area is 229 Å². The van der Waals surface area contributed by atoms with Crippen LogP contribution in [0.2, 0.25) is 0 Å². The van der Waals surface area contributed by atoms with Gasteiger partial charge in [0.15, 0.2) is 11.5 Å². The van der Waals surface area contributed by atoms with E-state index in [0.29, 0.717) is 23.5 Å². The normalized spacial score (nSPS) is 14.1. The fourth-order valence-corrected chi connectivity index (χ4v) is 5.54. The molecule has 1 aliphatic heterocycles. The summed E-state index contributed by atoms with van der Waals surface area (Å²) in [6.45, 7) is 3.75. The van der Waals surface area contributed by atoms with Crippen molar-refractivity contribution in [1.82, 2.24) is 45.3 Å². The van der Waals surface area contributed by atoms with Gasteiger partial charge in [0.2, 0.25) is 0 Å². The van der Waals surface area contributed by atoms with Gasteiger partial charge in [-0.25, -0.2) is 14.4 Å². The molecule has 5 aromatic heterocycles. The Bertz CT molecular complexity index is 1830. The van der Waals surface area contributed by atoms with Crippen molar-refractivity contribution in [2.75, 3.05) is 20.1 Å². The lowest BCUT2D eigenvalue weighted by molar-refractivity contribution is 0.331. The first-order chi connectivity index (χ1) is 19.6. The van der Waals surface area contributed by atoms with E-state index >= 15 is 0 Å². The van der Waals surface area contributed by atoms with Gasteiger partial charge in [-0.05, 0) is 80.0 Å². The average Bonchev–Trinajstić information content (AvgIpc) is 3.72. The monoisotopic (exact) mass is 533 g/mol. The van der Waals surface area contributed by atoms with Crippen LogP contribution in [0.1, 0.15) is 24.0 Å². The molecule has 0 amide bonds. The molecule has 6 aromatic rings. The Morgan fingerprint density at radius 2 is 1.73 bits per heavy atom. The lowest BCUT2D eigenvalue weighted by atomic mass is 10.0. The molecule has 40 heavy (non-hydrogen) atoms. The quantitative estimate of drug-likeness (QED) is 0.262. The number of nitrogens with one attached hydrogen (secondary N) is 3. The van der Waals surface area contributed by atoms with E-state index in [1.807, 2.05) is 31.7 Å². The molecule has 1 saturated heterocycles. The van der Waals surface area contributed by atoms with Gasteiger partial charge in [0, 0.05) is 54.6 Å². The molecule has 9 nitrogen and oxygen atoms in total. The average molecular weight is 534 g/mol. The second kappa shape index (κ2) is 10.2. The van der Waals surface area contributed by atoms with Crippen LogP contribution in [0, 0.1) is 5.82 Å². The molecule has 6 heterocycles. The van der Waals surface area contributed by atoms with E-state index < -0.39 is 0 Å². The fraction of sp³-hybridized carbons (Fsp3) is 0.233. The molecule has 0 bridgehead atoms. The minimum atomic E-state index is -0.298. The van der Waals surface area contributed by atoms with Crippen molar-refractivity contribution in [3.63, 3.8) is 0 Å². The zero-order chi connectivity index (χ0) is 27.1. The highest BCUT2D eigenvalue weighted by Crippen LogP contribution is 2.33. The van der Waals surface area contributed by atoms with Gasteiger partial charge in [-0.1, -0.05) is 0 Å². The molecule has 0 unspecified atom stereocenters. The van der Waals surface area contributed by atoms with E-state index in [1.165, 1.54) is 30.5 Å². The van der Waals surface area contributed by atoms with Gasteiger partial charge in [-0.15, -0.1) is 0 Å². The number of rotatable bonds is 7. The van der Waals surface area contributed by atoms with Crippen LogP contribution in [0.15, 0.2) is 61.3 Å². The second-order valence-electron chi connectivity index (χ2n) is 10.3. The first-order valence-electron chi connectivity index (χ1n) is 13.4. The summed E-state index contributed by atoms with van der Waals surface area (Å²) in [5, 5.41) is 11.4. The lowest BCUT2D eigenvalue weighted by Gasteiger charge is -2.14. The third kappa shape index (κ3) is 4.61. The van der Waals surface area contributed by atoms with Crippen LogP contribution in [0.5, 0.6) is 0 Å². The number of benzene rings is 1. The van der Waals surface area contributed by atoms with Gasteiger partial charge >= 0.3 is 0 Å². The number of H-pyrrole nitrogens is 2. The highest BCUT2D eigenvalue weighted by atomic mass is 19.1. The lowest BCUT2D eigenvalue weighted by Crippen LogP contribution is -2.18. The summed E-state index contributed by atoms with van der Waals surface area (Å²) in [4.78, 5) is 24.3. The molecule has 200 valence electrons. The Morgan fingerprint density at radius 3 is 2.60 bits per heavy atom. The van der Waals surface area contributed by atoms with E-state index in [-0.39, 0.29) is 5.82 Å². The molecule has 3 N–H and O–H groups in total. The van der Waals surface area contributed by atoms with Crippen molar-refractivity contribution in [3.8, 4) is 33.8 Å². The molecule has 0 atom stereocenters. The standard InChI is InChI=1S/C30H28FN9/c1-32-11-18-6-20(9-23(31)8-18)25-15-34-16-26-27(25)37-30(36-26)28-24-10-22(14-35-29(24)39-38-28)21-7-19(12-33-13-21)17-40-4-2-3-5-40/h6-10,12-16,32H,2-5,11,17H2,1H3,(H,36,37)(H,35,38,39). The summed E-state index contributed by atoms with van der Waals surface area (Å²) in [6, 6.07) is 9.26. The summed E-state index contributed by atoms with van der Waals surface area (Å²) >= 11 is 0. The van der Waals surface area contributed by atoms with Crippen LogP contribution in [0.3, 0.4) is 0 Å². The highest BCUT2D eigenvalue weighted by Gasteiger charge is 2.18. The number of pyridine rings is 3. The van der Waals surface area contributed by atoms with Crippen molar-refractivity contribution in [2.45, 2.75) is 25.9 Å². The van der Waals surface area contributed by atoms with E-state index in [4.69, 9.17) is 4.98 Å². The van der Waals surface area contributed by atoms with Crippen molar-refractivity contribution < 1.29 is 4.39 Å². The van der Waals surface area contributed by atoms with Crippen LogP contribution in [-0.4, -0.2) is 60.2 Å². The number of aromatic amines is 2. The largest absolute Gasteiger partial charge is 0.335 e. The van der Waals surface area contributed by atoms with Crippen molar-refractivity contribution >= 4 is 22.1 Å². The van der Waals surface area contributed by atoms with Crippen LogP contribution >= 0.6 is 0 Å². The zero-order valence-electron chi connectivity index (χ0n) is 22.1. The smallest absolute Gasteiger partial charge is 0.181 e. The number of fused-ring (bicyclic) bond motifs is 2. The van der Waals surface area contributed by atoms with E-state index in [9.17, 15) is 4.39 Å². The third-order valence-electron chi connectivity index (χ3n) is 7.42. The number of nitrogens with zero attached hydrogens (tertiary/aromatic N) is 6. The van der Waals surface area contributed by atoms with Gasteiger partial charge in [-0.3, -0.25) is 20.0 Å². The highest BCUT2D eigenvalue weighted by molar-refractivity contribution is 5.96. The topological polar surface area (TPSA) is 111 Å². The van der Waals surface area contributed by atoms with Gasteiger partial charge in [0.1, 0.15) is 11.5 Å². The Hall–Kier alpha value is -4.54. The maximum absolute atomic E-state index is 14.4. The fourth-order valence-electron chi connectivity index (χ4n) is 5.54. The number of likely N-dealkylation sites (tertiary alicyclic amines) is 1. The Kier molecular flexibility index (Phi) is 6.26. The Morgan fingerprint density at radius 1 is 0.900 bits per heavy atom. The van der Waals surface area contributed by atoms with E-state index in [1.54, 1.807) is 12.4 Å². The molecule has 7 rings (SSSR count). The molecular weight excluding hydrogens is 505 g/mol. The second-order valence-corrected chi connectivity index (χ2v) is 10.3. The molecule has 0 aliphatic carbocycles. The number of hydrogen-bond donors (Lipinski definition) is 3. The van der Waals surface area contributed by atoms with E-state index in [0.717, 1.165) is 64.0 Å². The molecule has 1 aliphatic rings. The Balaban J connectivity index is 1.27. The summed E-state index contributed by atoms with van der Waals surface area (Å²) in [6.07, 6.45) is 11.6. The van der Waals surface area contributed by atoms with Gasteiger partial charge in [-0.2, -0.15) is 5.10 Å². The summed E-state index contributed by atoms with van der Waals surface area (Å²) in [5.41, 5.74) is 8.26. The van der Waals surface area contributed by atoms with Crippen molar-refractivity contribution in [2.24, 2.45) is 0 Å². The first-order valence-corrected chi connectivity index (χ1v) is 13.4. The number of hydrogen-bond acceptors (Lipinski definition) is 7. The number of halogens is 1. The maximum atomic E-state index is 14.4. The molecule has 0 radical (unpaired) electrons. The maximum Gasteiger partial charge on any atom is 0.181 e. The summed E-state index contributed by atoms with van der Waals surface area (Å²) in [7, 11) is 1.84. The van der Waals surface area contributed by atoms with Crippen LogP contribution < -0.4 is 5.32 Å². The number of imidazole rings is 1. The third-order valence-corrected chi connectivity index (χ3v) is 7.42. The number of aromatic nitrogens is 7. The SMILES string of the molecule is CNCc1cc(F)cc(-c2cncc3[nH]c(-c4[nH]nc5ncc(-c6cncc(CN7CCCC7)c6)cc45)nc23)c1. The molecule has 0 saturated carbocycles. The first kappa shape index (κ1) is 24.5. The van der Waals surface area contributed by atoms with Crippen LogP contribution in [0.25, 0.3) is 55.8 Å². The van der Waals surface area contributed by atoms with Crippen LogP contribution in [0.4, 0.5) is 4.39 Å². The molecule has 1 fully saturated rings. The summed E-state index contributed by atoms with van der Waals surface area (Å²) < 4.78 is 14.4. The van der Waals surface area contributed by atoms with Crippen molar-refractivity contribution in [1.29, 1.82) is 0 Å². The molecule has 0 spiro atoms. The summed E-state index contributed by atoms with van der Waals surface area (Å²) in [5.74, 6) is 0.311. The molecule has 1 aromatic carbocycles. The van der Waals surface area contributed by atoms with Crippen molar-refractivity contribution in [3.05, 3.63) is 78.3 Å². The van der Waals surface area contributed by atoms with Gasteiger partial charge in [0.25, 0.3) is 0 Å². The minimum absolute atomic E-state index is 0.298. The zero-order valence-corrected chi connectivity index (χ0v) is 22.1. The predicted octanol–water partition coefficient (Wildman–Crippen LogP) is 5.08. The predicted molar refractivity (Wildman–Crippen MR) is 153 cm³/mol. The minimum Gasteiger partial charge on any atom is -0.335 e. The van der Waals surface area contributed by atoms with Gasteiger partial charge < -0.3 is 10.3 Å². The molecule has 10 heteroatoms. The van der Waals surface area contributed by atoms with Crippen LogP contribution in [-0.2, 0) is 13.1 Å². The van der Waals surface area contributed by atoms with E-state index in [2.05, 4.69) is 52.5 Å². The molecular formula is C30H28FN9.